The summed E-state index contributed by atoms with van der Waals surface area (Å²) < 4.78 is 5.84. The van der Waals surface area contributed by atoms with Crippen LogP contribution in [0.3, 0.4) is 0 Å². The number of carbonyl (C=O) groups excluding carboxylic acids is 1. The normalized spacial score (nSPS) is 13.6. The van der Waals surface area contributed by atoms with Crippen LogP contribution in [0.15, 0.2) is 24.3 Å². The molecule has 1 atom stereocenters. The van der Waals surface area contributed by atoms with E-state index in [2.05, 4.69) is 19.1 Å². The van der Waals surface area contributed by atoms with E-state index in [4.69, 9.17) is 9.84 Å². The number of quaternary nitrogens is 1. The van der Waals surface area contributed by atoms with Gasteiger partial charge in [-0.2, -0.15) is 0 Å². The number of rotatable bonds is 12. The van der Waals surface area contributed by atoms with Crippen molar-refractivity contribution in [3.8, 4) is 0 Å². The minimum absolute atomic E-state index is 0.162. The lowest BCUT2D eigenvalue weighted by Crippen LogP contribution is -2.43. The Morgan fingerprint density at radius 2 is 1.78 bits per heavy atom. The molecular weight excluding hydrogens is 294 g/mol. The fourth-order valence-corrected chi connectivity index (χ4v) is 2.07. The topological polar surface area (TPSA) is 63.6 Å². The van der Waals surface area contributed by atoms with E-state index in [1.54, 1.807) is 6.08 Å². The molecule has 0 saturated carbocycles. The van der Waals surface area contributed by atoms with E-state index in [1.165, 1.54) is 12.8 Å². The molecule has 0 aliphatic carbocycles. The monoisotopic (exact) mass is 326 g/mol. The molecule has 0 fully saturated rings. The summed E-state index contributed by atoms with van der Waals surface area (Å²) in [7, 11) is 5.81. The third kappa shape index (κ3) is 15.1. The number of unbranched alkanes of at least 4 members (excludes halogenated alkanes) is 2. The summed E-state index contributed by atoms with van der Waals surface area (Å²) in [6.07, 6.45) is 11.6. The van der Waals surface area contributed by atoms with Gasteiger partial charge in [0.1, 0.15) is 6.54 Å². The second-order valence-corrected chi connectivity index (χ2v) is 6.71. The lowest BCUT2D eigenvalue weighted by atomic mass is 10.2. The van der Waals surface area contributed by atoms with Gasteiger partial charge in [0.05, 0.1) is 34.0 Å². The van der Waals surface area contributed by atoms with Crippen LogP contribution >= 0.6 is 0 Å². The molecule has 0 aromatic rings. The zero-order valence-electron chi connectivity index (χ0n) is 15.0. The number of carbonyl (C=O) groups is 2. The number of nitrogens with zero attached hydrogens (tertiary/aromatic N) is 1. The van der Waals surface area contributed by atoms with E-state index in [9.17, 15) is 9.59 Å². The summed E-state index contributed by atoms with van der Waals surface area (Å²) in [5.41, 5.74) is 0. The number of carboxylic acids is 1. The minimum atomic E-state index is -0.955. The van der Waals surface area contributed by atoms with Gasteiger partial charge in [-0.3, -0.25) is 9.59 Å². The first-order valence-electron chi connectivity index (χ1n) is 8.26. The largest absolute Gasteiger partial charge is 0.481 e. The molecule has 0 radical (unpaired) electrons. The number of ether oxygens (including phenoxy) is 1. The van der Waals surface area contributed by atoms with Crippen molar-refractivity contribution in [3.05, 3.63) is 24.3 Å². The average Bonchev–Trinajstić information content (AvgIpc) is 2.39. The maximum absolute atomic E-state index is 11.8. The van der Waals surface area contributed by atoms with Gasteiger partial charge >= 0.3 is 11.9 Å². The summed E-state index contributed by atoms with van der Waals surface area (Å²) in [4.78, 5) is 22.7. The molecule has 0 aliphatic rings. The molecule has 5 nitrogen and oxygen atoms in total. The summed E-state index contributed by atoms with van der Waals surface area (Å²) >= 11 is 0. The van der Waals surface area contributed by atoms with Gasteiger partial charge in [0.15, 0.2) is 6.10 Å². The molecule has 0 bridgehead atoms. The van der Waals surface area contributed by atoms with E-state index in [0.29, 0.717) is 11.0 Å². The quantitative estimate of drug-likeness (QED) is 0.259. The zero-order chi connectivity index (χ0) is 17.7. The molecule has 0 aliphatic heterocycles. The maximum atomic E-state index is 11.8. The van der Waals surface area contributed by atoms with E-state index in [1.807, 2.05) is 27.2 Å². The van der Waals surface area contributed by atoms with Crippen molar-refractivity contribution in [2.45, 2.75) is 51.6 Å². The van der Waals surface area contributed by atoms with Crippen LogP contribution in [0, 0.1) is 0 Å². The number of hydrogen-bond acceptors (Lipinski definition) is 3. The minimum Gasteiger partial charge on any atom is -0.481 e. The van der Waals surface area contributed by atoms with E-state index in [0.717, 1.165) is 12.8 Å². The first kappa shape index (κ1) is 21.4. The van der Waals surface area contributed by atoms with Crippen molar-refractivity contribution in [2.24, 2.45) is 0 Å². The van der Waals surface area contributed by atoms with Gasteiger partial charge in [0.25, 0.3) is 0 Å². The van der Waals surface area contributed by atoms with Crippen LogP contribution < -0.4 is 0 Å². The first-order chi connectivity index (χ1) is 10.7. The third-order valence-corrected chi connectivity index (χ3v) is 3.07. The molecule has 23 heavy (non-hydrogen) atoms. The highest BCUT2D eigenvalue weighted by molar-refractivity contribution is 5.72. The van der Waals surface area contributed by atoms with Gasteiger partial charge in [-0.1, -0.05) is 44.1 Å². The van der Waals surface area contributed by atoms with Crippen LogP contribution in [0.2, 0.25) is 0 Å². The molecule has 0 spiro atoms. The highest BCUT2D eigenvalue weighted by Crippen LogP contribution is 2.07. The highest BCUT2D eigenvalue weighted by Gasteiger charge is 2.24. The Bertz CT molecular complexity index is 408. The third-order valence-electron chi connectivity index (χ3n) is 3.07. The van der Waals surface area contributed by atoms with Crippen molar-refractivity contribution in [1.82, 2.24) is 0 Å². The van der Waals surface area contributed by atoms with Gasteiger partial charge in [-0.15, -0.1) is 0 Å². The summed E-state index contributed by atoms with van der Waals surface area (Å²) in [5.74, 6) is -1.33. The molecule has 0 amide bonds. The Kier molecular flexibility index (Phi) is 11.0. The van der Waals surface area contributed by atoms with Gasteiger partial charge < -0.3 is 14.3 Å². The second-order valence-electron chi connectivity index (χ2n) is 6.71. The van der Waals surface area contributed by atoms with Crippen LogP contribution in [0.1, 0.15) is 45.4 Å². The molecule has 0 aromatic carbocycles. The number of esters is 1. The highest BCUT2D eigenvalue weighted by atomic mass is 16.5. The van der Waals surface area contributed by atoms with Gasteiger partial charge in [-0.05, 0) is 12.8 Å². The van der Waals surface area contributed by atoms with Crippen molar-refractivity contribution in [3.63, 3.8) is 0 Å². The fraction of sp³-hybridized carbons (Fsp3) is 0.667. The fourth-order valence-electron chi connectivity index (χ4n) is 2.07. The lowest BCUT2D eigenvalue weighted by Gasteiger charge is -2.28. The molecule has 5 heteroatoms. The molecule has 1 unspecified atom stereocenters. The van der Waals surface area contributed by atoms with Gasteiger partial charge in [0, 0.05) is 0 Å². The standard InChI is InChI=1S/C18H31NO4/c1-5-6-7-8-9-10-11-12-13-18(22)23-16(14-17(20)21)15-19(2,3)4/h8-9,11-12,16H,5-7,10,13-15H2,1-4H3/p+1/b9-8+,12-11+. The van der Waals surface area contributed by atoms with E-state index in [-0.39, 0.29) is 18.8 Å². The smallest absolute Gasteiger partial charge is 0.310 e. The summed E-state index contributed by atoms with van der Waals surface area (Å²) in [6, 6.07) is 0. The maximum Gasteiger partial charge on any atom is 0.310 e. The zero-order valence-corrected chi connectivity index (χ0v) is 15.0. The van der Waals surface area contributed by atoms with Crippen LogP contribution in [0.25, 0.3) is 0 Å². The predicted molar refractivity (Wildman–Crippen MR) is 92.1 cm³/mol. The number of hydrogen-bond donors (Lipinski definition) is 1. The number of carboxylic acid groups (broad SMARTS) is 1. The number of aliphatic carboxylic acids is 1. The van der Waals surface area contributed by atoms with Crippen molar-refractivity contribution in [1.29, 1.82) is 0 Å². The Morgan fingerprint density at radius 1 is 1.13 bits per heavy atom. The van der Waals surface area contributed by atoms with E-state index < -0.39 is 12.1 Å². The number of likely N-dealkylation sites (N-methyl/N-ethyl adjacent to an activating group) is 1. The van der Waals surface area contributed by atoms with Crippen molar-refractivity contribution >= 4 is 11.9 Å². The molecule has 1 N–H and O–H groups in total. The lowest BCUT2D eigenvalue weighted by molar-refractivity contribution is -0.873. The Morgan fingerprint density at radius 3 is 2.35 bits per heavy atom. The SMILES string of the molecule is CCCC/C=C/C/C=C/CC(=O)OC(CC(=O)O)C[N+](C)(C)C. The second kappa shape index (κ2) is 11.9. The molecular formula is C18H32NO4+. The Hall–Kier alpha value is -1.62. The predicted octanol–water partition coefficient (Wildman–Crippen LogP) is 3.16. The first-order valence-corrected chi connectivity index (χ1v) is 8.26. The van der Waals surface area contributed by atoms with Crippen LogP contribution in [-0.4, -0.2) is 55.3 Å². The van der Waals surface area contributed by atoms with Gasteiger partial charge in [-0.25, -0.2) is 0 Å². The summed E-state index contributed by atoms with van der Waals surface area (Å²) in [5, 5.41) is 8.91. The van der Waals surface area contributed by atoms with Crippen LogP contribution in [-0.2, 0) is 14.3 Å². The summed E-state index contributed by atoms with van der Waals surface area (Å²) in [6.45, 7) is 2.64. The van der Waals surface area contributed by atoms with Crippen LogP contribution in [0.5, 0.6) is 0 Å². The molecule has 0 heterocycles. The van der Waals surface area contributed by atoms with Crippen molar-refractivity contribution in [2.75, 3.05) is 27.7 Å². The van der Waals surface area contributed by atoms with Gasteiger partial charge in [0.2, 0.25) is 0 Å². The molecule has 132 valence electrons. The molecule has 0 saturated heterocycles. The Labute approximate surface area is 140 Å². The van der Waals surface area contributed by atoms with Crippen molar-refractivity contribution < 1.29 is 23.9 Å². The molecule has 0 aromatic heterocycles. The number of allylic oxidation sites excluding steroid dienone is 3. The molecule has 0 rings (SSSR count). The average molecular weight is 326 g/mol. The van der Waals surface area contributed by atoms with E-state index >= 15 is 0 Å². The Balaban J connectivity index is 4.16. The van der Waals surface area contributed by atoms with Crippen LogP contribution in [0.4, 0.5) is 0 Å².